The maximum atomic E-state index is 12.5. The highest BCUT2D eigenvalue weighted by molar-refractivity contribution is 7.99. The highest BCUT2D eigenvalue weighted by atomic mass is 32.2. The van der Waals surface area contributed by atoms with Gasteiger partial charge in [-0.05, 0) is 55.3 Å². The average Bonchev–Trinajstić information content (AvgIpc) is 2.68. The molecule has 0 spiro atoms. The van der Waals surface area contributed by atoms with Gasteiger partial charge in [-0.15, -0.1) is 11.8 Å². The van der Waals surface area contributed by atoms with E-state index in [9.17, 15) is 4.79 Å². The minimum absolute atomic E-state index is 0.0167. The summed E-state index contributed by atoms with van der Waals surface area (Å²) < 4.78 is 0. The first kappa shape index (κ1) is 18.9. The van der Waals surface area contributed by atoms with Crippen molar-refractivity contribution in [3.8, 4) is 0 Å². The van der Waals surface area contributed by atoms with Gasteiger partial charge in [0.2, 0.25) is 0 Å². The number of benzene rings is 1. The van der Waals surface area contributed by atoms with Gasteiger partial charge in [0.05, 0.1) is 6.61 Å². The fraction of sp³-hybridized carbons (Fsp3) is 0.400. The molecular weight excluding hydrogens is 346 g/mol. The number of likely N-dealkylation sites (tertiary alicyclic amines) is 1. The number of aromatic nitrogens is 1. The van der Waals surface area contributed by atoms with Crippen LogP contribution in [-0.2, 0) is 6.54 Å². The van der Waals surface area contributed by atoms with Gasteiger partial charge in [0.15, 0.2) is 0 Å². The quantitative estimate of drug-likeness (QED) is 0.733. The Morgan fingerprint density at radius 1 is 1.31 bits per heavy atom. The minimum Gasteiger partial charge on any atom is -0.396 e. The average molecular weight is 372 g/mol. The molecule has 2 heterocycles. The Kier molecular flexibility index (Phi) is 7.05. The first-order chi connectivity index (χ1) is 12.7. The fourth-order valence-electron chi connectivity index (χ4n) is 3.20. The van der Waals surface area contributed by atoms with Crippen LogP contribution in [0.1, 0.15) is 28.8 Å². The lowest BCUT2D eigenvalue weighted by Gasteiger charge is -2.33. The summed E-state index contributed by atoms with van der Waals surface area (Å²) in [6, 6.07) is 11.8. The topological polar surface area (TPSA) is 65.5 Å². The van der Waals surface area contributed by atoms with Crippen LogP contribution in [0.3, 0.4) is 0 Å². The summed E-state index contributed by atoms with van der Waals surface area (Å²) in [7, 11) is 0. The van der Waals surface area contributed by atoms with Gasteiger partial charge < -0.3 is 10.4 Å². The third-order valence-electron chi connectivity index (χ3n) is 4.45. The molecule has 0 saturated carbocycles. The molecule has 1 aromatic carbocycles. The molecule has 0 unspecified atom stereocenters. The maximum Gasteiger partial charge on any atom is 0.251 e. The number of pyridine rings is 1. The van der Waals surface area contributed by atoms with E-state index in [0.717, 1.165) is 37.4 Å². The summed E-state index contributed by atoms with van der Waals surface area (Å²) in [6.45, 7) is 2.95. The van der Waals surface area contributed by atoms with E-state index in [1.165, 1.54) is 5.56 Å². The molecule has 1 atom stereocenters. The van der Waals surface area contributed by atoms with Gasteiger partial charge in [-0.2, -0.15) is 0 Å². The largest absolute Gasteiger partial charge is 0.396 e. The van der Waals surface area contributed by atoms with Crippen LogP contribution in [0.25, 0.3) is 0 Å². The Morgan fingerprint density at radius 3 is 2.88 bits per heavy atom. The Bertz CT molecular complexity index is 694. The van der Waals surface area contributed by atoms with Crippen LogP contribution in [0.2, 0.25) is 0 Å². The second-order valence-corrected chi connectivity index (χ2v) is 7.67. The zero-order chi connectivity index (χ0) is 18.2. The standard InChI is InChI=1S/C20H25N3O2S/c24-11-12-26-19-7-5-17(6-8-19)20(25)22-18-4-2-10-23(15-18)14-16-3-1-9-21-13-16/h1,3,5-9,13,18,24H,2,4,10-12,14-15H2,(H,22,25)/t18-/m1/s1. The molecule has 3 rings (SSSR count). The number of amides is 1. The van der Waals surface area contributed by atoms with Crippen molar-refractivity contribution in [1.82, 2.24) is 15.2 Å². The lowest BCUT2D eigenvalue weighted by atomic mass is 10.0. The first-order valence-electron chi connectivity index (χ1n) is 9.00. The number of rotatable bonds is 7. The number of carbonyl (C=O) groups excluding carboxylic acids is 1. The molecule has 2 N–H and O–H groups in total. The molecule has 6 heteroatoms. The van der Waals surface area contributed by atoms with E-state index in [0.29, 0.717) is 11.3 Å². The van der Waals surface area contributed by atoms with E-state index in [4.69, 9.17) is 5.11 Å². The van der Waals surface area contributed by atoms with Crippen molar-refractivity contribution in [1.29, 1.82) is 0 Å². The number of aliphatic hydroxyl groups is 1. The second-order valence-electron chi connectivity index (χ2n) is 6.51. The molecule has 138 valence electrons. The lowest BCUT2D eigenvalue weighted by molar-refractivity contribution is 0.0900. The summed E-state index contributed by atoms with van der Waals surface area (Å²) in [5.41, 5.74) is 1.89. The van der Waals surface area contributed by atoms with Crippen molar-refractivity contribution in [3.63, 3.8) is 0 Å². The molecule has 1 saturated heterocycles. The summed E-state index contributed by atoms with van der Waals surface area (Å²) in [6.07, 6.45) is 5.79. The van der Waals surface area contributed by atoms with Gasteiger partial charge >= 0.3 is 0 Å². The maximum absolute atomic E-state index is 12.5. The van der Waals surface area contributed by atoms with E-state index < -0.39 is 0 Å². The molecule has 0 bridgehead atoms. The highest BCUT2D eigenvalue weighted by Crippen LogP contribution is 2.18. The van der Waals surface area contributed by atoms with E-state index in [1.807, 2.05) is 36.5 Å². The summed E-state index contributed by atoms with van der Waals surface area (Å²) in [5, 5.41) is 12.0. The number of aliphatic hydroxyl groups excluding tert-OH is 1. The fourth-order valence-corrected chi connectivity index (χ4v) is 3.86. The van der Waals surface area contributed by atoms with Crippen LogP contribution in [-0.4, -0.2) is 52.4 Å². The molecule has 1 aliphatic rings. The third-order valence-corrected chi connectivity index (χ3v) is 5.44. The van der Waals surface area contributed by atoms with Crippen molar-refractivity contribution in [2.24, 2.45) is 0 Å². The van der Waals surface area contributed by atoms with E-state index >= 15 is 0 Å². The third kappa shape index (κ3) is 5.56. The van der Waals surface area contributed by atoms with Crippen molar-refractivity contribution >= 4 is 17.7 Å². The van der Waals surface area contributed by atoms with Gasteiger partial charge in [-0.25, -0.2) is 0 Å². The number of nitrogens with one attached hydrogen (secondary N) is 1. The Hall–Kier alpha value is -1.89. The second kappa shape index (κ2) is 9.71. The molecule has 1 aromatic heterocycles. The molecule has 1 aliphatic heterocycles. The van der Waals surface area contributed by atoms with Crippen molar-refractivity contribution in [2.45, 2.75) is 30.3 Å². The molecule has 1 amide bonds. The van der Waals surface area contributed by atoms with Crippen LogP contribution in [0.4, 0.5) is 0 Å². The SMILES string of the molecule is O=C(N[C@@H]1CCCN(Cc2cccnc2)C1)c1ccc(SCCO)cc1. The number of carbonyl (C=O) groups is 1. The molecule has 2 aromatic rings. The molecule has 0 radical (unpaired) electrons. The van der Waals surface area contributed by atoms with Crippen LogP contribution in [0.15, 0.2) is 53.7 Å². The van der Waals surface area contributed by atoms with E-state index in [2.05, 4.69) is 21.3 Å². The smallest absolute Gasteiger partial charge is 0.251 e. The number of hydrogen-bond acceptors (Lipinski definition) is 5. The van der Waals surface area contributed by atoms with Gasteiger partial charge in [0, 0.05) is 47.7 Å². The Balaban J connectivity index is 1.52. The first-order valence-corrected chi connectivity index (χ1v) is 9.99. The Morgan fingerprint density at radius 2 is 2.15 bits per heavy atom. The van der Waals surface area contributed by atoms with Crippen molar-refractivity contribution in [2.75, 3.05) is 25.4 Å². The van der Waals surface area contributed by atoms with Crippen LogP contribution in [0.5, 0.6) is 0 Å². The zero-order valence-corrected chi connectivity index (χ0v) is 15.6. The van der Waals surface area contributed by atoms with Crippen LogP contribution in [0, 0.1) is 0 Å². The van der Waals surface area contributed by atoms with Gasteiger partial charge in [0.1, 0.15) is 0 Å². The number of nitrogens with zero attached hydrogens (tertiary/aromatic N) is 2. The lowest BCUT2D eigenvalue weighted by Crippen LogP contribution is -2.47. The van der Waals surface area contributed by atoms with E-state index in [-0.39, 0.29) is 18.6 Å². The normalized spacial score (nSPS) is 17.8. The Labute approximate surface area is 158 Å². The van der Waals surface area contributed by atoms with Gasteiger partial charge in [0.25, 0.3) is 5.91 Å². The monoisotopic (exact) mass is 371 g/mol. The summed E-state index contributed by atoms with van der Waals surface area (Å²) in [5.74, 6) is 0.650. The van der Waals surface area contributed by atoms with Crippen LogP contribution >= 0.6 is 11.8 Å². The molecular formula is C20H25N3O2S. The van der Waals surface area contributed by atoms with Crippen LogP contribution < -0.4 is 5.32 Å². The number of hydrogen-bond donors (Lipinski definition) is 2. The van der Waals surface area contributed by atoms with E-state index in [1.54, 1.807) is 18.0 Å². The highest BCUT2D eigenvalue weighted by Gasteiger charge is 2.22. The van der Waals surface area contributed by atoms with Gasteiger partial charge in [-0.1, -0.05) is 6.07 Å². The molecule has 0 aliphatic carbocycles. The minimum atomic E-state index is -0.0167. The zero-order valence-electron chi connectivity index (χ0n) is 14.8. The summed E-state index contributed by atoms with van der Waals surface area (Å²) in [4.78, 5) is 20.1. The van der Waals surface area contributed by atoms with Gasteiger partial charge in [-0.3, -0.25) is 14.7 Å². The van der Waals surface area contributed by atoms with Crippen molar-refractivity contribution < 1.29 is 9.90 Å². The number of piperidine rings is 1. The predicted octanol–water partition coefficient (Wildman–Crippen LogP) is 2.56. The molecule has 26 heavy (non-hydrogen) atoms. The molecule has 1 fully saturated rings. The predicted molar refractivity (Wildman–Crippen MR) is 104 cm³/mol. The molecule has 5 nitrogen and oxygen atoms in total. The summed E-state index contributed by atoms with van der Waals surface area (Å²) >= 11 is 1.58. The van der Waals surface area contributed by atoms with Crippen molar-refractivity contribution in [3.05, 3.63) is 59.9 Å². The number of thioether (sulfide) groups is 1.